The highest BCUT2D eigenvalue weighted by Crippen LogP contribution is 2.27. The second-order valence-corrected chi connectivity index (χ2v) is 8.23. The molecule has 0 spiro atoms. The number of carbonyl (C=O) groups is 1. The number of hydrogen-bond donors (Lipinski definition) is 0. The van der Waals surface area contributed by atoms with Gasteiger partial charge in [-0.3, -0.25) is 4.79 Å². The summed E-state index contributed by atoms with van der Waals surface area (Å²) >= 11 is 0. The van der Waals surface area contributed by atoms with E-state index < -0.39 is 0 Å². The first-order chi connectivity index (χ1) is 15.9. The molecule has 0 aliphatic heterocycles. The topological polar surface area (TPSA) is 69.5 Å². The van der Waals surface area contributed by atoms with Crippen LogP contribution in [0, 0.1) is 0 Å². The molecule has 0 aliphatic rings. The van der Waals surface area contributed by atoms with Crippen molar-refractivity contribution in [3.05, 3.63) is 77.6 Å². The molecular formula is C26H28N4O3. The van der Waals surface area contributed by atoms with E-state index in [9.17, 15) is 4.79 Å². The fourth-order valence-corrected chi connectivity index (χ4v) is 3.75. The van der Waals surface area contributed by atoms with Crippen LogP contribution in [0.25, 0.3) is 11.0 Å². The third kappa shape index (κ3) is 4.53. The lowest BCUT2D eigenvalue weighted by molar-refractivity contribution is 0.0993. The van der Waals surface area contributed by atoms with E-state index in [1.807, 2.05) is 36.4 Å². The van der Waals surface area contributed by atoms with E-state index in [0.29, 0.717) is 23.7 Å². The van der Waals surface area contributed by atoms with Gasteiger partial charge < -0.3 is 14.4 Å². The van der Waals surface area contributed by atoms with Gasteiger partial charge in [0.25, 0.3) is 5.91 Å². The molecule has 0 radical (unpaired) electrons. The summed E-state index contributed by atoms with van der Waals surface area (Å²) in [7, 11) is 5.03. The molecule has 170 valence electrons. The van der Waals surface area contributed by atoms with Crippen LogP contribution in [0.5, 0.6) is 11.5 Å². The molecule has 0 aliphatic carbocycles. The Bertz CT molecular complexity index is 1300. The molecule has 0 saturated heterocycles. The number of fused-ring (bicyclic) bond motifs is 1. The predicted molar refractivity (Wildman–Crippen MR) is 129 cm³/mol. The first-order valence-corrected chi connectivity index (χ1v) is 10.8. The van der Waals surface area contributed by atoms with Crippen LogP contribution in [0.15, 0.2) is 60.9 Å². The van der Waals surface area contributed by atoms with Crippen LogP contribution in [-0.2, 0) is 6.54 Å². The fraction of sp³-hybridized carbons (Fsp3) is 0.269. The molecule has 2 heterocycles. The molecule has 0 N–H and O–H groups in total. The number of anilines is 1. The van der Waals surface area contributed by atoms with Crippen molar-refractivity contribution in [3.8, 4) is 11.5 Å². The summed E-state index contributed by atoms with van der Waals surface area (Å²) in [6.45, 7) is 4.76. The Morgan fingerprint density at radius 2 is 1.88 bits per heavy atom. The van der Waals surface area contributed by atoms with E-state index in [1.165, 1.54) is 5.56 Å². The van der Waals surface area contributed by atoms with Crippen molar-refractivity contribution >= 4 is 22.6 Å². The van der Waals surface area contributed by atoms with Crippen LogP contribution >= 0.6 is 0 Å². The van der Waals surface area contributed by atoms with Gasteiger partial charge in [-0.25, -0.2) is 9.67 Å². The third-order valence-corrected chi connectivity index (χ3v) is 5.77. The van der Waals surface area contributed by atoms with E-state index >= 15 is 0 Å². The standard InChI is InChI=1S/C26H28N4O3/c1-17(2)18-7-6-8-22(12-18)29(3)26(31)21-11-20-15-28-30(25(20)27-14-21)16-19-9-10-23(32-4)13-24(19)33-5/h6-15,17H,16H2,1-5H3. The molecule has 0 atom stereocenters. The largest absolute Gasteiger partial charge is 0.497 e. The summed E-state index contributed by atoms with van der Waals surface area (Å²) in [4.78, 5) is 19.4. The van der Waals surface area contributed by atoms with Gasteiger partial charge >= 0.3 is 0 Å². The predicted octanol–water partition coefficient (Wildman–Crippen LogP) is 4.90. The average molecular weight is 445 g/mol. The second-order valence-electron chi connectivity index (χ2n) is 8.23. The third-order valence-electron chi connectivity index (χ3n) is 5.77. The van der Waals surface area contributed by atoms with Gasteiger partial charge in [0.15, 0.2) is 5.65 Å². The summed E-state index contributed by atoms with van der Waals surface area (Å²) in [6.07, 6.45) is 3.34. The molecule has 1 amide bonds. The van der Waals surface area contributed by atoms with Crippen LogP contribution in [0.2, 0.25) is 0 Å². The van der Waals surface area contributed by atoms with Crippen LogP contribution < -0.4 is 14.4 Å². The van der Waals surface area contributed by atoms with Crippen LogP contribution in [-0.4, -0.2) is 41.9 Å². The zero-order valence-corrected chi connectivity index (χ0v) is 19.6. The Hall–Kier alpha value is -3.87. The minimum Gasteiger partial charge on any atom is -0.497 e. The van der Waals surface area contributed by atoms with Crippen molar-refractivity contribution in [1.29, 1.82) is 0 Å². The minimum atomic E-state index is -0.116. The average Bonchev–Trinajstić information content (AvgIpc) is 3.25. The zero-order chi connectivity index (χ0) is 23.5. The molecule has 0 bridgehead atoms. The van der Waals surface area contributed by atoms with Crippen molar-refractivity contribution in [2.75, 3.05) is 26.2 Å². The number of pyridine rings is 1. The zero-order valence-electron chi connectivity index (χ0n) is 19.6. The molecule has 0 fully saturated rings. The first-order valence-electron chi connectivity index (χ1n) is 10.8. The van der Waals surface area contributed by atoms with E-state index in [1.54, 1.807) is 43.2 Å². The molecule has 33 heavy (non-hydrogen) atoms. The number of amides is 1. The highest BCUT2D eigenvalue weighted by molar-refractivity contribution is 6.07. The lowest BCUT2D eigenvalue weighted by Crippen LogP contribution is -2.26. The van der Waals surface area contributed by atoms with Gasteiger partial charge in [-0.15, -0.1) is 0 Å². The smallest absolute Gasteiger partial charge is 0.259 e. The summed E-state index contributed by atoms with van der Waals surface area (Å²) in [5, 5.41) is 5.29. The fourth-order valence-electron chi connectivity index (χ4n) is 3.75. The molecule has 4 aromatic rings. The Kier molecular flexibility index (Phi) is 6.31. The van der Waals surface area contributed by atoms with Crippen LogP contribution in [0.4, 0.5) is 5.69 Å². The number of nitrogens with zero attached hydrogens (tertiary/aromatic N) is 4. The number of hydrogen-bond acceptors (Lipinski definition) is 5. The number of rotatable bonds is 7. The molecule has 0 unspecified atom stereocenters. The molecule has 2 aromatic carbocycles. The Labute approximate surface area is 193 Å². The lowest BCUT2D eigenvalue weighted by Gasteiger charge is -2.19. The van der Waals surface area contributed by atoms with Gasteiger partial charge in [-0.1, -0.05) is 26.0 Å². The molecule has 2 aromatic heterocycles. The van der Waals surface area contributed by atoms with Crippen LogP contribution in [0.3, 0.4) is 0 Å². The number of aromatic nitrogens is 3. The van der Waals surface area contributed by atoms with Gasteiger partial charge in [-0.05, 0) is 41.8 Å². The minimum absolute atomic E-state index is 0.116. The highest BCUT2D eigenvalue weighted by atomic mass is 16.5. The first kappa shape index (κ1) is 22.3. The lowest BCUT2D eigenvalue weighted by atomic mass is 10.0. The van der Waals surface area contributed by atoms with Crippen molar-refractivity contribution < 1.29 is 14.3 Å². The van der Waals surface area contributed by atoms with Crippen LogP contribution in [0.1, 0.15) is 41.3 Å². The summed E-state index contributed by atoms with van der Waals surface area (Å²) in [5.41, 5.74) is 4.22. The van der Waals surface area contributed by atoms with Crippen molar-refractivity contribution in [1.82, 2.24) is 14.8 Å². The van der Waals surface area contributed by atoms with E-state index in [-0.39, 0.29) is 5.91 Å². The second kappa shape index (κ2) is 9.32. The van der Waals surface area contributed by atoms with Crippen molar-refractivity contribution in [2.24, 2.45) is 0 Å². The maximum absolute atomic E-state index is 13.1. The number of carbonyl (C=O) groups excluding carboxylic acids is 1. The van der Waals surface area contributed by atoms with Gasteiger partial charge in [0.05, 0.1) is 32.5 Å². The molecule has 7 nitrogen and oxygen atoms in total. The van der Waals surface area contributed by atoms with Gasteiger partial charge in [0.2, 0.25) is 0 Å². The number of benzene rings is 2. The Morgan fingerprint density at radius 3 is 2.61 bits per heavy atom. The van der Waals surface area contributed by atoms with Gasteiger partial charge in [-0.2, -0.15) is 5.10 Å². The Balaban J connectivity index is 1.59. The summed E-state index contributed by atoms with van der Waals surface area (Å²) in [6, 6.07) is 15.6. The molecule has 0 saturated carbocycles. The van der Waals surface area contributed by atoms with Gasteiger partial charge in [0, 0.05) is 35.9 Å². The maximum atomic E-state index is 13.1. The SMILES string of the molecule is COc1ccc(Cn2ncc3cc(C(=O)N(C)c4cccc(C(C)C)c4)cnc32)c(OC)c1. The van der Waals surface area contributed by atoms with Crippen molar-refractivity contribution in [2.45, 2.75) is 26.3 Å². The highest BCUT2D eigenvalue weighted by Gasteiger charge is 2.17. The maximum Gasteiger partial charge on any atom is 0.259 e. The monoisotopic (exact) mass is 444 g/mol. The van der Waals surface area contributed by atoms with Crippen molar-refractivity contribution in [3.63, 3.8) is 0 Å². The van der Waals surface area contributed by atoms with E-state index in [0.717, 1.165) is 28.1 Å². The quantitative estimate of drug-likeness (QED) is 0.406. The van der Waals surface area contributed by atoms with E-state index in [2.05, 4.69) is 36.1 Å². The number of ether oxygens (including phenoxy) is 2. The van der Waals surface area contributed by atoms with E-state index in [4.69, 9.17) is 9.47 Å². The molecule has 4 rings (SSSR count). The normalized spacial score (nSPS) is 11.1. The summed E-state index contributed by atoms with van der Waals surface area (Å²) < 4.78 is 12.6. The molecule has 7 heteroatoms. The number of methoxy groups -OCH3 is 2. The Morgan fingerprint density at radius 1 is 1.06 bits per heavy atom. The van der Waals surface area contributed by atoms with Gasteiger partial charge in [0.1, 0.15) is 11.5 Å². The summed E-state index contributed by atoms with van der Waals surface area (Å²) in [5.74, 6) is 1.72. The molecular weight excluding hydrogens is 416 g/mol.